The fourth-order valence-corrected chi connectivity index (χ4v) is 2.32. The van der Waals surface area contributed by atoms with E-state index in [4.69, 9.17) is 9.47 Å². The summed E-state index contributed by atoms with van der Waals surface area (Å²) in [4.78, 5) is 0. The minimum absolute atomic E-state index is 0.153. The largest absolute Gasteiger partial charge is 0.504 e. The molecule has 2 aromatic rings. The molecule has 0 fully saturated rings. The van der Waals surface area contributed by atoms with Gasteiger partial charge in [0, 0.05) is 11.0 Å². The highest BCUT2D eigenvalue weighted by molar-refractivity contribution is 9.10. The first kappa shape index (κ1) is 15.5. The number of aromatic hydroxyl groups is 1. The average Bonchev–Trinajstić information content (AvgIpc) is 2.48. The van der Waals surface area contributed by atoms with Gasteiger partial charge >= 0.3 is 0 Å². The van der Waals surface area contributed by atoms with Crippen LogP contribution in [-0.2, 0) is 6.54 Å². The van der Waals surface area contributed by atoms with Crippen LogP contribution in [0.3, 0.4) is 0 Å². The molecule has 2 rings (SSSR count). The molecule has 0 saturated heterocycles. The fraction of sp³-hybridized carbons (Fsp3) is 0.250. The number of hydrogen-bond acceptors (Lipinski definition) is 4. The Labute approximate surface area is 132 Å². The van der Waals surface area contributed by atoms with Crippen molar-refractivity contribution in [2.45, 2.75) is 13.5 Å². The molecule has 0 radical (unpaired) electrons. The Hall–Kier alpha value is -1.88. The van der Waals surface area contributed by atoms with Gasteiger partial charge in [-0.1, -0.05) is 22.0 Å². The van der Waals surface area contributed by atoms with E-state index in [0.29, 0.717) is 18.9 Å². The third-order valence-corrected chi connectivity index (χ3v) is 3.46. The number of halogens is 1. The normalized spacial score (nSPS) is 10.2. The van der Waals surface area contributed by atoms with E-state index in [-0.39, 0.29) is 5.75 Å². The molecule has 0 unspecified atom stereocenters. The minimum atomic E-state index is 0.153. The summed E-state index contributed by atoms with van der Waals surface area (Å²) >= 11 is 3.44. The summed E-state index contributed by atoms with van der Waals surface area (Å²) in [5.41, 5.74) is 1.91. The molecule has 0 bridgehead atoms. The Bertz CT molecular complexity index is 616. The van der Waals surface area contributed by atoms with Gasteiger partial charge in [0.25, 0.3) is 0 Å². The molecule has 2 N–H and O–H groups in total. The SMILES string of the molecule is CCOc1cc(CNc2cc(Br)ccc2OC)ccc1O. The van der Waals surface area contributed by atoms with E-state index < -0.39 is 0 Å². The minimum Gasteiger partial charge on any atom is -0.504 e. The lowest BCUT2D eigenvalue weighted by molar-refractivity contribution is 0.318. The van der Waals surface area contributed by atoms with Crippen molar-refractivity contribution in [3.05, 3.63) is 46.4 Å². The first-order valence-electron chi connectivity index (χ1n) is 6.66. The van der Waals surface area contributed by atoms with Gasteiger partial charge in [-0.2, -0.15) is 0 Å². The van der Waals surface area contributed by atoms with Crippen LogP contribution in [0.25, 0.3) is 0 Å². The number of benzene rings is 2. The van der Waals surface area contributed by atoms with E-state index in [1.54, 1.807) is 13.2 Å². The topological polar surface area (TPSA) is 50.7 Å². The van der Waals surface area contributed by atoms with Crippen molar-refractivity contribution in [1.29, 1.82) is 0 Å². The third kappa shape index (κ3) is 4.04. The molecule has 0 amide bonds. The highest BCUT2D eigenvalue weighted by Gasteiger charge is 2.06. The van der Waals surface area contributed by atoms with Gasteiger partial charge in [0.05, 0.1) is 19.4 Å². The smallest absolute Gasteiger partial charge is 0.161 e. The average molecular weight is 352 g/mol. The first-order chi connectivity index (χ1) is 10.1. The quantitative estimate of drug-likeness (QED) is 0.819. The van der Waals surface area contributed by atoms with Gasteiger partial charge in [0.15, 0.2) is 11.5 Å². The van der Waals surface area contributed by atoms with Gasteiger partial charge in [-0.3, -0.25) is 0 Å². The van der Waals surface area contributed by atoms with Crippen LogP contribution < -0.4 is 14.8 Å². The van der Waals surface area contributed by atoms with Crippen molar-refractivity contribution in [2.75, 3.05) is 19.0 Å². The van der Waals surface area contributed by atoms with Gasteiger partial charge in [-0.25, -0.2) is 0 Å². The van der Waals surface area contributed by atoms with E-state index in [0.717, 1.165) is 21.5 Å². The maximum absolute atomic E-state index is 9.70. The predicted molar refractivity (Wildman–Crippen MR) is 87.3 cm³/mol. The van der Waals surface area contributed by atoms with E-state index in [1.807, 2.05) is 37.3 Å². The molecule has 0 aliphatic heterocycles. The molecule has 5 heteroatoms. The lowest BCUT2D eigenvalue weighted by atomic mass is 10.2. The Morgan fingerprint density at radius 2 is 1.95 bits per heavy atom. The van der Waals surface area contributed by atoms with Crippen molar-refractivity contribution in [1.82, 2.24) is 0 Å². The van der Waals surface area contributed by atoms with Gasteiger partial charge in [-0.05, 0) is 42.8 Å². The van der Waals surface area contributed by atoms with E-state index >= 15 is 0 Å². The molecule has 0 saturated carbocycles. The van der Waals surface area contributed by atoms with Crippen LogP contribution in [0.2, 0.25) is 0 Å². The molecule has 0 spiro atoms. The number of anilines is 1. The molecule has 0 aliphatic rings. The molecular formula is C16H18BrNO3. The monoisotopic (exact) mass is 351 g/mol. The van der Waals surface area contributed by atoms with Crippen LogP contribution in [0.1, 0.15) is 12.5 Å². The maximum Gasteiger partial charge on any atom is 0.161 e. The lowest BCUT2D eigenvalue weighted by Gasteiger charge is -2.13. The van der Waals surface area contributed by atoms with Gasteiger partial charge in [0.2, 0.25) is 0 Å². The highest BCUT2D eigenvalue weighted by atomic mass is 79.9. The molecule has 0 aliphatic carbocycles. The van der Waals surface area contributed by atoms with Crippen molar-refractivity contribution < 1.29 is 14.6 Å². The zero-order valence-electron chi connectivity index (χ0n) is 12.0. The molecule has 112 valence electrons. The predicted octanol–water partition coefficient (Wildman–Crippen LogP) is 4.17. The number of methoxy groups -OCH3 is 1. The van der Waals surface area contributed by atoms with Crippen molar-refractivity contribution in [2.24, 2.45) is 0 Å². The summed E-state index contributed by atoms with van der Waals surface area (Å²) in [6.07, 6.45) is 0. The molecule has 0 aromatic heterocycles. The van der Waals surface area contributed by atoms with Gasteiger partial charge < -0.3 is 19.9 Å². The van der Waals surface area contributed by atoms with Crippen molar-refractivity contribution >= 4 is 21.6 Å². The standard InChI is InChI=1S/C16H18BrNO3/c1-3-21-16-8-11(4-6-14(16)19)10-18-13-9-12(17)5-7-15(13)20-2/h4-9,18-19H,3,10H2,1-2H3. The highest BCUT2D eigenvalue weighted by Crippen LogP contribution is 2.30. The molecule has 0 heterocycles. The van der Waals surface area contributed by atoms with E-state index in [9.17, 15) is 5.11 Å². The van der Waals surface area contributed by atoms with Crippen LogP contribution in [0.15, 0.2) is 40.9 Å². The first-order valence-corrected chi connectivity index (χ1v) is 7.45. The zero-order valence-corrected chi connectivity index (χ0v) is 13.6. The summed E-state index contributed by atoms with van der Waals surface area (Å²) in [6, 6.07) is 11.1. The summed E-state index contributed by atoms with van der Waals surface area (Å²) in [5.74, 6) is 1.43. The van der Waals surface area contributed by atoms with Crippen molar-refractivity contribution in [3.63, 3.8) is 0 Å². The molecule has 0 atom stereocenters. The fourth-order valence-electron chi connectivity index (χ4n) is 1.96. The number of nitrogens with one attached hydrogen (secondary N) is 1. The van der Waals surface area contributed by atoms with E-state index in [1.165, 1.54) is 0 Å². The molecule has 2 aromatic carbocycles. The zero-order chi connectivity index (χ0) is 15.2. The summed E-state index contributed by atoms with van der Waals surface area (Å²) < 4.78 is 11.7. The number of hydrogen-bond donors (Lipinski definition) is 2. The number of rotatable bonds is 6. The number of phenolic OH excluding ortho intramolecular Hbond substituents is 1. The summed E-state index contributed by atoms with van der Waals surface area (Å²) in [6.45, 7) is 3.01. The van der Waals surface area contributed by atoms with Crippen molar-refractivity contribution in [3.8, 4) is 17.2 Å². The van der Waals surface area contributed by atoms with E-state index in [2.05, 4.69) is 21.2 Å². The van der Waals surface area contributed by atoms with Crippen LogP contribution in [0.5, 0.6) is 17.2 Å². The Morgan fingerprint density at radius 3 is 2.67 bits per heavy atom. The Morgan fingerprint density at radius 1 is 1.14 bits per heavy atom. The van der Waals surface area contributed by atoms with Crippen LogP contribution >= 0.6 is 15.9 Å². The second-order valence-electron chi connectivity index (χ2n) is 4.43. The summed E-state index contributed by atoms with van der Waals surface area (Å²) in [7, 11) is 1.64. The second-order valence-corrected chi connectivity index (χ2v) is 5.35. The molecular weight excluding hydrogens is 334 g/mol. The lowest BCUT2D eigenvalue weighted by Crippen LogP contribution is -2.02. The number of ether oxygens (including phenoxy) is 2. The second kappa shape index (κ2) is 7.22. The summed E-state index contributed by atoms with van der Waals surface area (Å²) in [5, 5.41) is 13.0. The van der Waals surface area contributed by atoms with Crippen LogP contribution in [-0.4, -0.2) is 18.8 Å². The molecule has 4 nitrogen and oxygen atoms in total. The van der Waals surface area contributed by atoms with Crippen LogP contribution in [0, 0.1) is 0 Å². The molecule has 21 heavy (non-hydrogen) atoms. The van der Waals surface area contributed by atoms with Crippen LogP contribution in [0.4, 0.5) is 5.69 Å². The Kier molecular flexibility index (Phi) is 5.33. The Balaban J connectivity index is 2.13. The third-order valence-electron chi connectivity index (χ3n) is 2.97. The maximum atomic E-state index is 9.70. The number of phenols is 1. The van der Waals surface area contributed by atoms with Gasteiger partial charge in [0.1, 0.15) is 5.75 Å². The van der Waals surface area contributed by atoms with Gasteiger partial charge in [-0.15, -0.1) is 0 Å².